The lowest BCUT2D eigenvalue weighted by Gasteiger charge is -2.38. The molecule has 158 valence electrons. The maximum absolute atomic E-state index is 13.4. The standard InChI is InChI=1S/C25H31N3O2/c1-26(14-9-17-27-15-7-8-16-27)25(30)23-18-21-12-5-6-13-22(21)19-28(23)24(29)20-10-3-2-4-11-20/h2-6,10-13,23H,7-9,14-19H2,1H3. The summed E-state index contributed by atoms with van der Waals surface area (Å²) in [5.74, 6) is -0.0378. The summed E-state index contributed by atoms with van der Waals surface area (Å²) < 4.78 is 0. The molecular weight excluding hydrogens is 374 g/mol. The van der Waals surface area contributed by atoms with Crippen LogP contribution in [-0.4, -0.2) is 65.8 Å². The van der Waals surface area contributed by atoms with Crippen LogP contribution in [0.5, 0.6) is 0 Å². The molecule has 1 fully saturated rings. The van der Waals surface area contributed by atoms with Crippen LogP contribution in [-0.2, 0) is 17.8 Å². The minimum Gasteiger partial charge on any atom is -0.344 e. The van der Waals surface area contributed by atoms with Gasteiger partial charge in [0, 0.05) is 32.1 Å². The second-order valence-electron chi connectivity index (χ2n) is 8.45. The van der Waals surface area contributed by atoms with Crippen LogP contribution in [0.25, 0.3) is 0 Å². The fourth-order valence-corrected chi connectivity index (χ4v) is 4.61. The number of carbonyl (C=O) groups is 2. The third kappa shape index (κ3) is 4.57. The van der Waals surface area contributed by atoms with Crippen molar-refractivity contribution in [3.63, 3.8) is 0 Å². The summed E-state index contributed by atoms with van der Waals surface area (Å²) in [6, 6.07) is 17.0. The summed E-state index contributed by atoms with van der Waals surface area (Å²) in [6.07, 6.45) is 4.11. The Labute approximate surface area is 179 Å². The number of likely N-dealkylation sites (tertiary alicyclic amines) is 1. The molecule has 2 aromatic rings. The first-order chi connectivity index (χ1) is 14.6. The Morgan fingerprint density at radius 2 is 1.63 bits per heavy atom. The molecule has 0 aromatic heterocycles. The fraction of sp³-hybridized carbons (Fsp3) is 0.440. The second-order valence-corrected chi connectivity index (χ2v) is 8.45. The molecule has 0 bridgehead atoms. The lowest BCUT2D eigenvalue weighted by molar-refractivity contribution is -0.135. The van der Waals surface area contributed by atoms with Crippen molar-refractivity contribution in [3.05, 3.63) is 71.3 Å². The molecule has 0 saturated carbocycles. The van der Waals surface area contributed by atoms with Gasteiger partial charge in [-0.15, -0.1) is 0 Å². The van der Waals surface area contributed by atoms with Gasteiger partial charge in [-0.1, -0.05) is 42.5 Å². The van der Waals surface area contributed by atoms with E-state index in [9.17, 15) is 9.59 Å². The van der Waals surface area contributed by atoms with Gasteiger partial charge in [-0.25, -0.2) is 0 Å². The Morgan fingerprint density at radius 3 is 2.37 bits per heavy atom. The molecule has 0 spiro atoms. The highest BCUT2D eigenvalue weighted by Gasteiger charge is 2.36. The predicted octanol–water partition coefficient (Wildman–Crippen LogP) is 3.20. The Kier molecular flexibility index (Phi) is 6.48. The second kappa shape index (κ2) is 9.43. The van der Waals surface area contributed by atoms with Crippen molar-refractivity contribution in [1.29, 1.82) is 0 Å². The highest BCUT2D eigenvalue weighted by Crippen LogP contribution is 2.26. The van der Waals surface area contributed by atoms with Crippen molar-refractivity contribution in [2.24, 2.45) is 0 Å². The van der Waals surface area contributed by atoms with Crippen LogP contribution in [0.3, 0.4) is 0 Å². The molecule has 2 aliphatic rings. The molecule has 0 radical (unpaired) electrons. The molecular formula is C25H31N3O2. The maximum Gasteiger partial charge on any atom is 0.254 e. The van der Waals surface area contributed by atoms with Gasteiger partial charge in [0.25, 0.3) is 5.91 Å². The summed E-state index contributed by atoms with van der Waals surface area (Å²) in [7, 11) is 1.87. The molecule has 30 heavy (non-hydrogen) atoms. The fourth-order valence-electron chi connectivity index (χ4n) is 4.61. The van der Waals surface area contributed by atoms with E-state index in [1.54, 1.807) is 4.90 Å². The third-order valence-corrected chi connectivity index (χ3v) is 6.36. The van der Waals surface area contributed by atoms with Gasteiger partial charge < -0.3 is 14.7 Å². The molecule has 2 heterocycles. The number of carbonyl (C=O) groups excluding carboxylic acids is 2. The van der Waals surface area contributed by atoms with E-state index in [4.69, 9.17) is 0 Å². The molecule has 0 N–H and O–H groups in total. The Balaban J connectivity index is 1.48. The van der Waals surface area contributed by atoms with Crippen LogP contribution in [0, 0.1) is 0 Å². The molecule has 2 aromatic carbocycles. The SMILES string of the molecule is CN(CCCN1CCCC1)C(=O)C1Cc2ccccc2CN1C(=O)c1ccccc1. The lowest BCUT2D eigenvalue weighted by Crippen LogP contribution is -2.53. The zero-order valence-electron chi connectivity index (χ0n) is 17.8. The van der Waals surface area contributed by atoms with E-state index in [0.29, 0.717) is 18.5 Å². The smallest absolute Gasteiger partial charge is 0.254 e. The molecule has 2 aliphatic heterocycles. The van der Waals surface area contributed by atoms with Crippen molar-refractivity contribution in [1.82, 2.24) is 14.7 Å². The Morgan fingerprint density at radius 1 is 0.967 bits per heavy atom. The first kappa shape index (κ1) is 20.6. The lowest BCUT2D eigenvalue weighted by atomic mass is 9.92. The minimum atomic E-state index is -0.454. The summed E-state index contributed by atoms with van der Waals surface area (Å²) in [5, 5.41) is 0. The monoisotopic (exact) mass is 405 g/mol. The summed E-state index contributed by atoms with van der Waals surface area (Å²) in [6.45, 7) is 4.59. The van der Waals surface area contributed by atoms with E-state index < -0.39 is 6.04 Å². The number of hydrogen-bond donors (Lipinski definition) is 0. The number of likely N-dealkylation sites (N-methyl/N-ethyl adjacent to an activating group) is 1. The normalized spacial score (nSPS) is 18.8. The highest BCUT2D eigenvalue weighted by atomic mass is 16.2. The van der Waals surface area contributed by atoms with Gasteiger partial charge in [0.15, 0.2) is 0 Å². The van der Waals surface area contributed by atoms with E-state index in [2.05, 4.69) is 17.0 Å². The molecule has 5 nitrogen and oxygen atoms in total. The van der Waals surface area contributed by atoms with Crippen molar-refractivity contribution in [2.45, 2.75) is 38.3 Å². The first-order valence-corrected chi connectivity index (χ1v) is 11.0. The molecule has 2 amide bonds. The number of fused-ring (bicyclic) bond motifs is 1. The van der Waals surface area contributed by atoms with Crippen LogP contribution >= 0.6 is 0 Å². The van der Waals surface area contributed by atoms with Gasteiger partial charge in [0.05, 0.1) is 0 Å². The van der Waals surface area contributed by atoms with Crippen LogP contribution in [0.15, 0.2) is 54.6 Å². The Hall–Kier alpha value is -2.66. The maximum atomic E-state index is 13.4. The average Bonchev–Trinajstić information content (AvgIpc) is 3.31. The van der Waals surface area contributed by atoms with Crippen molar-refractivity contribution in [2.75, 3.05) is 33.2 Å². The van der Waals surface area contributed by atoms with Crippen molar-refractivity contribution in [3.8, 4) is 0 Å². The zero-order chi connectivity index (χ0) is 20.9. The van der Waals surface area contributed by atoms with Gasteiger partial charge >= 0.3 is 0 Å². The van der Waals surface area contributed by atoms with Gasteiger partial charge in [-0.3, -0.25) is 9.59 Å². The molecule has 1 unspecified atom stereocenters. The largest absolute Gasteiger partial charge is 0.344 e. The minimum absolute atomic E-state index is 0.0372. The number of hydrogen-bond acceptors (Lipinski definition) is 3. The van der Waals surface area contributed by atoms with E-state index in [-0.39, 0.29) is 11.8 Å². The van der Waals surface area contributed by atoms with Crippen LogP contribution in [0.2, 0.25) is 0 Å². The number of amides is 2. The van der Waals surface area contributed by atoms with Gasteiger partial charge in [-0.2, -0.15) is 0 Å². The molecule has 1 atom stereocenters. The van der Waals surface area contributed by atoms with E-state index >= 15 is 0 Å². The van der Waals surface area contributed by atoms with Gasteiger partial charge in [0.1, 0.15) is 6.04 Å². The molecule has 4 rings (SSSR count). The summed E-state index contributed by atoms with van der Waals surface area (Å²) >= 11 is 0. The van der Waals surface area contributed by atoms with Gasteiger partial charge in [0.2, 0.25) is 5.91 Å². The molecule has 5 heteroatoms. The number of rotatable bonds is 6. The van der Waals surface area contributed by atoms with E-state index in [0.717, 1.165) is 25.1 Å². The molecule has 1 saturated heterocycles. The van der Waals surface area contributed by atoms with Crippen molar-refractivity contribution < 1.29 is 9.59 Å². The summed E-state index contributed by atoms with van der Waals surface area (Å²) in [5.41, 5.74) is 2.92. The first-order valence-electron chi connectivity index (χ1n) is 11.0. The Bertz CT molecular complexity index is 877. The van der Waals surface area contributed by atoms with Crippen LogP contribution < -0.4 is 0 Å². The zero-order valence-corrected chi connectivity index (χ0v) is 17.8. The molecule has 0 aliphatic carbocycles. The topological polar surface area (TPSA) is 43.9 Å². The van der Waals surface area contributed by atoms with Gasteiger partial charge in [-0.05, 0) is 62.2 Å². The number of benzene rings is 2. The predicted molar refractivity (Wildman–Crippen MR) is 118 cm³/mol. The highest BCUT2D eigenvalue weighted by molar-refractivity contribution is 5.98. The van der Waals surface area contributed by atoms with Crippen molar-refractivity contribution >= 4 is 11.8 Å². The quantitative estimate of drug-likeness (QED) is 0.741. The third-order valence-electron chi connectivity index (χ3n) is 6.36. The average molecular weight is 406 g/mol. The van der Waals surface area contributed by atoms with E-state index in [1.165, 1.54) is 31.5 Å². The van der Waals surface area contributed by atoms with Crippen LogP contribution in [0.1, 0.15) is 40.7 Å². The van der Waals surface area contributed by atoms with Crippen LogP contribution in [0.4, 0.5) is 0 Å². The van der Waals surface area contributed by atoms with E-state index in [1.807, 2.05) is 54.4 Å². The summed E-state index contributed by atoms with van der Waals surface area (Å²) in [4.78, 5) is 32.7. The number of nitrogens with zero attached hydrogens (tertiary/aromatic N) is 3.